The molecule has 8 heteroatoms. The summed E-state index contributed by atoms with van der Waals surface area (Å²) in [6.45, 7) is 3.84. The van der Waals surface area contributed by atoms with Crippen LogP contribution in [0.2, 0.25) is 0 Å². The van der Waals surface area contributed by atoms with Crippen molar-refractivity contribution in [2.75, 3.05) is 6.54 Å². The van der Waals surface area contributed by atoms with Gasteiger partial charge in [0.25, 0.3) is 0 Å². The number of aromatic amines is 1. The van der Waals surface area contributed by atoms with Crippen molar-refractivity contribution in [3.63, 3.8) is 0 Å². The Labute approximate surface area is 112 Å². The molecule has 0 amide bonds. The first kappa shape index (κ1) is 15.6. The van der Waals surface area contributed by atoms with Crippen LogP contribution >= 0.6 is 0 Å². The summed E-state index contributed by atoms with van der Waals surface area (Å²) in [5.41, 5.74) is -0.253. The van der Waals surface area contributed by atoms with Crippen molar-refractivity contribution in [2.45, 2.75) is 44.4 Å². The molecule has 1 aromatic heterocycles. The van der Waals surface area contributed by atoms with Crippen LogP contribution in [0.5, 0.6) is 0 Å². The third kappa shape index (κ3) is 4.03. The van der Waals surface area contributed by atoms with Gasteiger partial charge < -0.3 is 5.11 Å². The van der Waals surface area contributed by atoms with Crippen LogP contribution in [0.15, 0.2) is 4.90 Å². The highest BCUT2D eigenvalue weighted by molar-refractivity contribution is 7.89. The lowest BCUT2D eigenvalue weighted by molar-refractivity contribution is 0.0686. The second kappa shape index (κ2) is 6.67. The van der Waals surface area contributed by atoms with E-state index in [9.17, 15) is 13.2 Å². The molecule has 0 aromatic carbocycles. The highest BCUT2D eigenvalue weighted by atomic mass is 32.2. The van der Waals surface area contributed by atoms with E-state index in [4.69, 9.17) is 5.11 Å². The maximum atomic E-state index is 12.0. The average molecular weight is 289 g/mol. The van der Waals surface area contributed by atoms with Gasteiger partial charge in [0.1, 0.15) is 4.90 Å². The van der Waals surface area contributed by atoms with Crippen LogP contribution in [-0.4, -0.2) is 36.2 Å². The largest absolute Gasteiger partial charge is 0.476 e. The van der Waals surface area contributed by atoms with Crippen LogP contribution in [0.4, 0.5) is 0 Å². The normalized spacial score (nSPS) is 11.7. The van der Waals surface area contributed by atoms with Crippen molar-refractivity contribution >= 4 is 16.0 Å². The van der Waals surface area contributed by atoms with Crippen molar-refractivity contribution in [1.29, 1.82) is 0 Å². The number of unbranched alkanes of at least 4 members (excludes halogenated alkanes) is 3. The summed E-state index contributed by atoms with van der Waals surface area (Å²) in [4.78, 5) is 10.6. The van der Waals surface area contributed by atoms with E-state index >= 15 is 0 Å². The highest BCUT2D eigenvalue weighted by Crippen LogP contribution is 2.17. The Balaban J connectivity index is 2.77. The van der Waals surface area contributed by atoms with Gasteiger partial charge in [0.05, 0.1) is 5.69 Å². The minimum atomic E-state index is -3.84. The Bertz CT molecular complexity index is 536. The smallest absolute Gasteiger partial charge is 0.357 e. The Morgan fingerprint density at radius 1 is 1.37 bits per heavy atom. The molecule has 7 nitrogen and oxygen atoms in total. The van der Waals surface area contributed by atoms with Gasteiger partial charge >= 0.3 is 5.97 Å². The SMILES string of the molecule is CCCCCCNS(=O)(=O)c1c(C(=O)O)n[nH]c1C. The lowest BCUT2D eigenvalue weighted by Crippen LogP contribution is -2.26. The van der Waals surface area contributed by atoms with E-state index in [0.29, 0.717) is 6.54 Å². The molecule has 108 valence electrons. The number of carbonyl (C=O) groups is 1. The number of nitrogens with zero attached hydrogens (tertiary/aromatic N) is 1. The van der Waals surface area contributed by atoms with E-state index < -0.39 is 21.7 Å². The predicted octanol–water partition coefficient (Wildman–Crippen LogP) is 1.27. The predicted molar refractivity (Wildman–Crippen MR) is 69.6 cm³/mol. The zero-order valence-corrected chi connectivity index (χ0v) is 11.9. The summed E-state index contributed by atoms with van der Waals surface area (Å²) in [5.74, 6) is -1.37. The van der Waals surface area contributed by atoms with E-state index in [1.165, 1.54) is 6.92 Å². The van der Waals surface area contributed by atoms with Gasteiger partial charge in [-0.05, 0) is 13.3 Å². The molecule has 0 saturated carbocycles. The van der Waals surface area contributed by atoms with Gasteiger partial charge in [-0.1, -0.05) is 26.2 Å². The van der Waals surface area contributed by atoms with Crippen LogP contribution in [0.3, 0.4) is 0 Å². The fourth-order valence-electron chi connectivity index (χ4n) is 1.72. The fourth-order valence-corrected chi connectivity index (χ4v) is 3.12. The standard InChI is InChI=1S/C11H19N3O4S/c1-3-4-5-6-7-12-19(17,18)10-8(2)13-14-9(10)11(15)16/h12H,3-7H2,1-2H3,(H,13,14)(H,15,16). The van der Waals surface area contributed by atoms with Gasteiger partial charge in [-0.3, -0.25) is 5.10 Å². The topological polar surface area (TPSA) is 112 Å². The number of carboxylic acids is 1. The van der Waals surface area contributed by atoms with E-state index in [0.717, 1.165) is 25.7 Å². The Morgan fingerprint density at radius 2 is 2.05 bits per heavy atom. The Morgan fingerprint density at radius 3 is 2.63 bits per heavy atom. The van der Waals surface area contributed by atoms with Crippen molar-refractivity contribution in [3.8, 4) is 0 Å². The second-order valence-corrected chi connectivity index (χ2v) is 5.99. The third-order valence-corrected chi connectivity index (χ3v) is 4.31. The van der Waals surface area contributed by atoms with E-state index in [1.807, 2.05) is 0 Å². The molecule has 0 aliphatic heterocycles. The first-order valence-corrected chi connectivity index (χ1v) is 7.66. The van der Waals surface area contributed by atoms with Gasteiger partial charge in [-0.15, -0.1) is 0 Å². The molecule has 1 rings (SSSR count). The zero-order chi connectivity index (χ0) is 14.5. The van der Waals surface area contributed by atoms with Gasteiger partial charge in [-0.25, -0.2) is 17.9 Å². The number of aryl methyl sites for hydroxylation is 1. The first-order valence-electron chi connectivity index (χ1n) is 6.18. The molecule has 0 atom stereocenters. The maximum Gasteiger partial charge on any atom is 0.357 e. The zero-order valence-electron chi connectivity index (χ0n) is 11.1. The second-order valence-electron chi connectivity index (χ2n) is 4.29. The summed E-state index contributed by atoms with van der Waals surface area (Å²) >= 11 is 0. The summed E-state index contributed by atoms with van der Waals surface area (Å²) in [6.07, 6.45) is 3.78. The average Bonchev–Trinajstić information content (AvgIpc) is 2.71. The van der Waals surface area contributed by atoms with E-state index in [-0.39, 0.29) is 10.6 Å². The molecule has 0 aliphatic carbocycles. The van der Waals surface area contributed by atoms with Gasteiger partial charge in [0.2, 0.25) is 10.0 Å². The number of sulfonamides is 1. The molecular formula is C11H19N3O4S. The van der Waals surface area contributed by atoms with Gasteiger partial charge in [-0.2, -0.15) is 5.10 Å². The fraction of sp³-hybridized carbons (Fsp3) is 0.636. The number of carboxylic acid groups (broad SMARTS) is 1. The summed E-state index contributed by atoms with van der Waals surface area (Å²) in [7, 11) is -3.84. The van der Waals surface area contributed by atoms with Crippen LogP contribution < -0.4 is 4.72 Å². The number of hydrogen-bond donors (Lipinski definition) is 3. The van der Waals surface area contributed by atoms with Crippen molar-refractivity contribution < 1.29 is 18.3 Å². The Kier molecular flexibility index (Phi) is 5.49. The van der Waals surface area contributed by atoms with Crippen LogP contribution in [0.25, 0.3) is 0 Å². The monoisotopic (exact) mass is 289 g/mol. The molecule has 0 unspecified atom stereocenters. The number of hydrogen-bond acceptors (Lipinski definition) is 4. The number of aromatic nitrogens is 2. The summed E-state index contributed by atoms with van der Waals surface area (Å²) < 4.78 is 26.5. The summed E-state index contributed by atoms with van der Waals surface area (Å²) in [6, 6.07) is 0. The molecule has 1 aromatic rings. The maximum absolute atomic E-state index is 12.0. The molecule has 0 radical (unpaired) electrons. The van der Waals surface area contributed by atoms with Crippen LogP contribution in [0, 0.1) is 6.92 Å². The lowest BCUT2D eigenvalue weighted by atomic mass is 10.2. The molecule has 0 saturated heterocycles. The molecule has 0 bridgehead atoms. The Hall–Kier alpha value is -1.41. The number of H-pyrrole nitrogens is 1. The first-order chi connectivity index (χ1) is 8.90. The van der Waals surface area contributed by atoms with Crippen LogP contribution in [-0.2, 0) is 10.0 Å². The van der Waals surface area contributed by atoms with Crippen molar-refractivity contribution in [2.24, 2.45) is 0 Å². The van der Waals surface area contributed by atoms with Crippen molar-refractivity contribution in [1.82, 2.24) is 14.9 Å². The lowest BCUT2D eigenvalue weighted by Gasteiger charge is -2.06. The highest BCUT2D eigenvalue weighted by Gasteiger charge is 2.27. The molecule has 0 aliphatic rings. The summed E-state index contributed by atoms with van der Waals surface area (Å²) in [5, 5.41) is 14.8. The molecule has 3 N–H and O–H groups in total. The molecule has 0 spiro atoms. The number of nitrogens with one attached hydrogen (secondary N) is 2. The number of aromatic carboxylic acids is 1. The van der Waals surface area contributed by atoms with Crippen LogP contribution in [0.1, 0.15) is 48.8 Å². The van der Waals surface area contributed by atoms with Gasteiger partial charge in [0, 0.05) is 6.54 Å². The van der Waals surface area contributed by atoms with E-state index in [1.54, 1.807) is 0 Å². The van der Waals surface area contributed by atoms with Crippen molar-refractivity contribution in [3.05, 3.63) is 11.4 Å². The minimum Gasteiger partial charge on any atom is -0.476 e. The molecule has 19 heavy (non-hydrogen) atoms. The minimum absolute atomic E-state index is 0.221. The molecule has 0 fully saturated rings. The van der Waals surface area contributed by atoms with E-state index in [2.05, 4.69) is 21.8 Å². The quantitative estimate of drug-likeness (QED) is 0.624. The van der Waals surface area contributed by atoms with Gasteiger partial charge in [0.15, 0.2) is 5.69 Å². The molecular weight excluding hydrogens is 270 g/mol. The third-order valence-electron chi connectivity index (χ3n) is 2.68. The number of rotatable bonds is 8. The molecule has 1 heterocycles.